The number of aromatic amines is 1. The summed E-state index contributed by atoms with van der Waals surface area (Å²) in [4.78, 5) is 25.7. The summed E-state index contributed by atoms with van der Waals surface area (Å²) in [6.07, 6.45) is 6.17. The lowest BCUT2D eigenvalue weighted by Gasteiger charge is -1.74. The maximum Gasteiger partial charge on any atom is 0.328 e. The number of rotatable bonds is 3. The summed E-state index contributed by atoms with van der Waals surface area (Å²) in [5.41, 5.74) is 0.958. The zero-order valence-corrected chi connectivity index (χ0v) is 7.75. The van der Waals surface area contributed by atoms with Gasteiger partial charge in [0.15, 0.2) is 0 Å². The maximum absolute atomic E-state index is 9.55. The summed E-state index contributed by atoms with van der Waals surface area (Å²) in [6.45, 7) is 3.53. The molecule has 1 heterocycles. The van der Waals surface area contributed by atoms with Crippen LogP contribution in [0.3, 0.4) is 0 Å². The minimum atomic E-state index is -1.26. The van der Waals surface area contributed by atoms with Crippen molar-refractivity contribution in [3.05, 3.63) is 36.9 Å². The minimum Gasteiger partial charge on any atom is -0.478 e. The van der Waals surface area contributed by atoms with Gasteiger partial charge in [0.05, 0.1) is 18.2 Å². The van der Waals surface area contributed by atoms with Gasteiger partial charge in [0, 0.05) is 12.2 Å². The van der Waals surface area contributed by atoms with Gasteiger partial charge in [-0.2, -0.15) is 0 Å². The van der Waals surface area contributed by atoms with Crippen molar-refractivity contribution >= 4 is 18.0 Å². The van der Waals surface area contributed by atoms with Crippen molar-refractivity contribution in [1.82, 2.24) is 9.97 Å². The normalized spacial score (nSPS) is 9.07. The fourth-order valence-corrected chi connectivity index (χ4v) is 0.521. The number of aliphatic carboxylic acids is 2. The lowest BCUT2D eigenvalue weighted by atomic mass is 10.5. The van der Waals surface area contributed by atoms with Gasteiger partial charge in [0.2, 0.25) is 0 Å². The molecule has 0 bridgehead atoms. The van der Waals surface area contributed by atoms with Crippen LogP contribution in [-0.2, 0) is 9.59 Å². The molecule has 0 atom stereocenters. The molecule has 15 heavy (non-hydrogen) atoms. The van der Waals surface area contributed by atoms with Crippen molar-refractivity contribution in [3.63, 3.8) is 0 Å². The molecule has 0 saturated heterocycles. The lowest BCUT2D eigenvalue weighted by molar-refractivity contribution is -0.134. The van der Waals surface area contributed by atoms with E-state index in [0.29, 0.717) is 12.2 Å². The number of carbonyl (C=O) groups is 2. The highest BCUT2D eigenvalue weighted by Crippen LogP contribution is 1.88. The Morgan fingerprint density at radius 3 is 2.07 bits per heavy atom. The summed E-state index contributed by atoms with van der Waals surface area (Å²) < 4.78 is 0. The molecule has 0 aliphatic carbocycles. The number of H-pyrrole nitrogens is 1. The summed E-state index contributed by atoms with van der Waals surface area (Å²) in [6, 6.07) is 0. The Bertz CT molecular complexity index is 338. The predicted octanol–water partition coefficient (Wildman–Crippen LogP) is 0.764. The molecule has 0 fully saturated rings. The molecule has 1 aromatic rings. The molecule has 1 rings (SSSR count). The molecular formula is C9H10N2O4. The fraction of sp³-hybridized carbons (Fsp3) is 0. The Morgan fingerprint density at radius 2 is 1.87 bits per heavy atom. The average Bonchev–Trinajstić information content (AvgIpc) is 2.68. The molecule has 80 valence electrons. The number of imidazole rings is 1. The Kier molecular flexibility index (Phi) is 5.96. The monoisotopic (exact) mass is 210 g/mol. The van der Waals surface area contributed by atoms with Crippen LogP contribution in [-0.4, -0.2) is 32.1 Å². The molecule has 1 aromatic heterocycles. The van der Waals surface area contributed by atoms with Crippen LogP contribution in [0.15, 0.2) is 31.3 Å². The van der Waals surface area contributed by atoms with E-state index in [9.17, 15) is 9.59 Å². The van der Waals surface area contributed by atoms with Gasteiger partial charge in [-0.05, 0) is 6.08 Å². The van der Waals surface area contributed by atoms with E-state index in [0.717, 1.165) is 5.69 Å². The van der Waals surface area contributed by atoms with E-state index in [1.54, 1.807) is 18.6 Å². The summed E-state index contributed by atoms with van der Waals surface area (Å²) in [7, 11) is 0. The third-order valence-electron chi connectivity index (χ3n) is 1.11. The van der Waals surface area contributed by atoms with Crippen molar-refractivity contribution < 1.29 is 19.8 Å². The number of hydrogen-bond acceptors (Lipinski definition) is 3. The van der Waals surface area contributed by atoms with Crippen molar-refractivity contribution in [2.75, 3.05) is 0 Å². The fourth-order valence-electron chi connectivity index (χ4n) is 0.521. The van der Waals surface area contributed by atoms with E-state index in [2.05, 4.69) is 16.5 Å². The zero-order chi connectivity index (χ0) is 11.7. The van der Waals surface area contributed by atoms with Gasteiger partial charge in [0.25, 0.3) is 0 Å². The molecule has 0 aliphatic heterocycles. The van der Waals surface area contributed by atoms with Gasteiger partial charge in [-0.3, -0.25) is 0 Å². The Labute approximate surface area is 85.6 Å². The largest absolute Gasteiger partial charge is 0.478 e. The SMILES string of the molecule is C=Cc1cnc[nH]1.O=C(O)/C=C/C(=O)O. The van der Waals surface area contributed by atoms with E-state index in [-0.39, 0.29) is 0 Å². The topological polar surface area (TPSA) is 103 Å². The number of hydrogen-bond donors (Lipinski definition) is 3. The zero-order valence-electron chi connectivity index (χ0n) is 7.75. The van der Waals surface area contributed by atoms with E-state index in [1.165, 1.54) is 0 Å². The molecule has 0 radical (unpaired) electrons. The van der Waals surface area contributed by atoms with E-state index in [4.69, 9.17) is 10.2 Å². The molecule has 0 aromatic carbocycles. The second-order valence-electron chi connectivity index (χ2n) is 2.22. The van der Waals surface area contributed by atoms with Gasteiger partial charge in [-0.25, -0.2) is 14.6 Å². The summed E-state index contributed by atoms with van der Waals surface area (Å²) in [5.74, 6) is -2.51. The molecule has 0 unspecified atom stereocenters. The van der Waals surface area contributed by atoms with Gasteiger partial charge >= 0.3 is 11.9 Å². The molecule has 3 N–H and O–H groups in total. The number of nitrogens with zero attached hydrogens (tertiary/aromatic N) is 1. The molecule has 0 spiro atoms. The molecular weight excluding hydrogens is 200 g/mol. The first kappa shape index (κ1) is 12.6. The Balaban J connectivity index is 0.000000262. The van der Waals surface area contributed by atoms with Crippen molar-refractivity contribution in [2.45, 2.75) is 0 Å². The van der Waals surface area contributed by atoms with Crippen molar-refractivity contribution in [1.29, 1.82) is 0 Å². The van der Waals surface area contributed by atoms with Crippen LogP contribution in [0.4, 0.5) is 0 Å². The Hall–Kier alpha value is -2.37. The second-order valence-corrected chi connectivity index (χ2v) is 2.22. The van der Waals surface area contributed by atoms with Crippen LogP contribution in [0.25, 0.3) is 6.08 Å². The van der Waals surface area contributed by atoms with E-state index < -0.39 is 11.9 Å². The van der Waals surface area contributed by atoms with Crippen LogP contribution >= 0.6 is 0 Å². The highest BCUT2D eigenvalue weighted by atomic mass is 16.4. The van der Waals surface area contributed by atoms with Crippen LogP contribution in [0.2, 0.25) is 0 Å². The van der Waals surface area contributed by atoms with Crippen LogP contribution in [0, 0.1) is 0 Å². The van der Waals surface area contributed by atoms with Gasteiger partial charge in [0.1, 0.15) is 0 Å². The van der Waals surface area contributed by atoms with Crippen molar-refractivity contribution in [3.8, 4) is 0 Å². The van der Waals surface area contributed by atoms with Crippen LogP contribution in [0.1, 0.15) is 5.69 Å². The molecule has 6 heteroatoms. The van der Waals surface area contributed by atoms with Gasteiger partial charge < -0.3 is 15.2 Å². The number of carboxylic acids is 2. The average molecular weight is 210 g/mol. The molecule has 6 nitrogen and oxygen atoms in total. The molecule has 0 amide bonds. The first-order chi connectivity index (χ1) is 7.06. The van der Waals surface area contributed by atoms with Crippen molar-refractivity contribution in [2.24, 2.45) is 0 Å². The highest BCUT2D eigenvalue weighted by molar-refractivity contribution is 5.89. The predicted molar refractivity (Wildman–Crippen MR) is 53.1 cm³/mol. The summed E-state index contributed by atoms with van der Waals surface area (Å²) >= 11 is 0. The summed E-state index contributed by atoms with van der Waals surface area (Å²) in [5, 5.41) is 15.6. The highest BCUT2D eigenvalue weighted by Gasteiger charge is 1.88. The maximum atomic E-state index is 9.55. The van der Waals surface area contributed by atoms with Gasteiger partial charge in [-0.15, -0.1) is 0 Å². The number of nitrogens with one attached hydrogen (secondary N) is 1. The number of carboxylic acid groups (broad SMARTS) is 2. The van der Waals surface area contributed by atoms with Crippen LogP contribution < -0.4 is 0 Å². The first-order valence-corrected chi connectivity index (χ1v) is 3.81. The third-order valence-corrected chi connectivity index (χ3v) is 1.11. The minimum absolute atomic E-state index is 0.558. The third kappa shape index (κ3) is 7.97. The quantitative estimate of drug-likeness (QED) is 0.639. The van der Waals surface area contributed by atoms with E-state index >= 15 is 0 Å². The lowest BCUT2D eigenvalue weighted by Crippen LogP contribution is -1.91. The number of aromatic nitrogens is 2. The second kappa shape index (κ2) is 7.07. The Morgan fingerprint density at radius 1 is 1.33 bits per heavy atom. The first-order valence-electron chi connectivity index (χ1n) is 3.81. The van der Waals surface area contributed by atoms with Crippen LogP contribution in [0.5, 0.6) is 0 Å². The molecule has 0 aliphatic rings. The molecule has 0 saturated carbocycles. The standard InChI is InChI=1S/C5H6N2.C4H4O4/c1-2-5-3-6-4-7-5;5-3(6)1-2-4(7)8/h2-4H,1H2,(H,6,7);1-2H,(H,5,6)(H,7,8)/b;2-1+. The van der Waals surface area contributed by atoms with Gasteiger partial charge in [-0.1, -0.05) is 6.58 Å². The smallest absolute Gasteiger partial charge is 0.328 e. The van der Waals surface area contributed by atoms with E-state index in [1.807, 2.05) is 0 Å².